The van der Waals surface area contributed by atoms with E-state index in [1.54, 1.807) is 18.5 Å². The highest BCUT2D eigenvalue weighted by atomic mass is 16.1. The summed E-state index contributed by atoms with van der Waals surface area (Å²) in [6.07, 6.45) is 3.71. The number of nitrogens with one attached hydrogen (secondary N) is 1. The number of carbonyl (C=O) groups is 1. The fraction of sp³-hybridized carbons (Fsp3) is 0.136. The standard InChI is InChI=1S/C22H19N3O/c1-16(25-22(26)13-18-5-3-11-24-15-18)19-7-9-20(10-8-19)21-6-2-4-17(12-21)14-23/h2-12,15-16H,13H2,1H3,(H,25,26)/t16-/m1/s1. The van der Waals surface area contributed by atoms with Crippen LogP contribution in [0, 0.1) is 11.3 Å². The van der Waals surface area contributed by atoms with E-state index in [4.69, 9.17) is 5.26 Å². The SMILES string of the molecule is C[C@@H](NC(=O)Cc1cccnc1)c1ccc(-c2cccc(C#N)c2)cc1. The first-order valence-corrected chi connectivity index (χ1v) is 8.44. The topological polar surface area (TPSA) is 65.8 Å². The summed E-state index contributed by atoms with van der Waals surface area (Å²) in [5, 5.41) is 12.0. The molecule has 0 unspecified atom stereocenters. The molecule has 0 saturated carbocycles. The van der Waals surface area contributed by atoms with E-state index in [9.17, 15) is 4.79 Å². The number of benzene rings is 2. The second kappa shape index (κ2) is 8.09. The van der Waals surface area contributed by atoms with Crippen molar-refractivity contribution in [1.29, 1.82) is 5.26 Å². The van der Waals surface area contributed by atoms with E-state index in [1.165, 1.54) is 0 Å². The summed E-state index contributed by atoms with van der Waals surface area (Å²) < 4.78 is 0. The maximum absolute atomic E-state index is 12.2. The third kappa shape index (κ3) is 4.34. The van der Waals surface area contributed by atoms with Gasteiger partial charge in [-0.2, -0.15) is 5.26 Å². The Morgan fingerprint density at radius 3 is 2.62 bits per heavy atom. The largest absolute Gasteiger partial charge is 0.349 e. The number of rotatable bonds is 5. The first kappa shape index (κ1) is 17.4. The summed E-state index contributed by atoms with van der Waals surface area (Å²) in [7, 11) is 0. The zero-order chi connectivity index (χ0) is 18.4. The predicted octanol–water partition coefficient (Wildman–Crippen LogP) is 4.04. The molecule has 0 aliphatic heterocycles. The Morgan fingerprint density at radius 2 is 1.92 bits per heavy atom. The highest BCUT2D eigenvalue weighted by Crippen LogP contribution is 2.23. The van der Waals surface area contributed by atoms with Gasteiger partial charge in [-0.05, 0) is 47.4 Å². The van der Waals surface area contributed by atoms with Crippen LogP contribution in [0.1, 0.15) is 29.7 Å². The van der Waals surface area contributed by atoms with Crippen molar-refractivity contribution < 1.29 is 4.79 Å². The Bertz CT molecular complexity index is 928. The van der Waals surface area contributed by atoms with Crippen molar-refractivity contribution in [3.63, 3.8) is 0 Å². The predicted molar refractivity (Wildman–Crippen MR) is 101 cm³/mol. The van der Waals surface area contributed by atoms with Gasteiger partial charge in [0.1, 0.15) is 0 Å². The lowest BCUT2D eigenvalue weighted by molar-refractivity contribution is -0.121. The van der Waals surface area contributed by atoms with Crippen LogP contribution in [0.2, 0.25) is 0 Å². The molecule has 0 bridgehead atoms. The molecule has 3 rings (SSSR count). The maximum Gasteiger partial charge on any atom is 0.224 e. The molecule has 4 nitrogen and oxygen atoms in total. The van der Waals surface area contributed by atoms with E-state index < -0.39 is 0 Å². The van der Waals surface area contributed by atoms with Crippen LogP contribution in [-0.2, 0) is 11.2 Å². The van der Waals surface area contributed by atoms with E-state index in [0.29, 0.717) is 12.0 Å². The summed E-state index contributed by atoms with van der Waals surface area (Å²) in [5.74, 6) is -0.0312. The van der Waals surface area contributed by atoms with Gasteiger partial charge in [-0.15, -0.1) is 0 Å². The van der Waals surface area contributed by atoms with Crippen LogP contribution >= 0.6 is 0 Å². The van der Waals surface area contributed by atoms with Gasteiger partial charge in [0.15, 0.2) is 0 Å². The molecule has 3 aromatic rings. The van der Waals surface area contributed by atoms with Crippen molar-refractivity contribution in [2.24, 2.45) is 0 Å². The van der Waals surface area contributed by atoms with Crippen LogP contribution in [0.15, 0.2) is 73.1 Å². The van der Waals surface area contributed by atoms with Gasteiger partial charge < -0.3 is 5.32 Å². The Morgan fingerprint density at radius 1 is 1.12 bits per heavy atom. The molecule has 2 aromatic carbocycles. The van der Waals surface area contributed by atoms with E-state index >= 15 is 0 Å². The van der Waals surface area contributed by atoms with Crippen LogP contribution in [0.3, 0.4) is 0 Å². The van der Waals surface area contributed by atoms with Crippen molar-refractivity contribution in [1.82, 2.24) is 10.3 Å². The smallest absolute Gasteiger partial charge is 0.224 e. The summed E-state index contributed by atoms with van der Waals surface area (Å²) >= 11 is 0. The number of aromatic nitrogens is 1. The highest BCUT2D eigenvalue weighted by Gasteiger charge is 2.10. The number of hydrogen-bond donors (Lipinski definition) is 1. The highest BCUT2D eigenvalue weighted by molar-refractivity contribution is 5.79. The van der Waals surface area contributed by atoms with Gasteiger partial charge in [0, 0.05) is 12.4 Å². The molecule has 0 aliphatic rings. The van der Waals surface area contributed by atoms with Gasteiger partial charge in [0.25, 0.3) is 0 Å². The van der Waals surface area contributed by atoms with Crippen molar-refractivity contribution in [2.45, 2.75) is 19.4 Å². The molecule has 1 amide bonds. The average Bonchev–Trinajstić information content (AvgIpc) is 2.69. The lowest BCUT2D eigenvalue weighted by Crippen LogP contribution is -2.28. The molecule has 0 radical (unpaired) electrons. The molecule has 1 atom stereocenters. The number of nitrogens with zero attached hydrogens (tertiary/aromatic N) is 2. The minimum absolute atomic E-state index is 0.0312. The van der Waals surface area contributed by atoms with E-state index in [2.05, 4.69) is 16.4 Å². The number of amides is 1. The van der Waals surface area contributed by atoms with Crippen molar-refractivity contribution in [3.05, 3.63) is 89.7 Å². The molecule has 0 saturated heterocycles. The fourth-order valence-corrected chi connectivity index (χ4v) is 2.80. The van der Waals surface area contributed by atoms with E-state index in [-0.39, 0.29) is 11.9 Å². The third-order valence-corrected chi connectivity index (χ3v) is 4.20. The molecule has 0 fully saturated rings. The number of hydrogen-bond acceptors (Lipinski definition) is 3. The van der Waals surface area contributed by atoms with Crippen LogP contribution in [0.5, 0.6) is 0 Å². The lowest BCUT2D eigenvalue weighted by Gasteiger charge is -2.15. The first-order chi connectivity index (χ1) is 12.7. The van der Waals surface area contributed by atoms with Crippen LogP contribution in [0.25, 0.3) is 11.1 Å². The number of pyridine rings is 1. The molecule has 0 aliphatic carbocycles. The molecule has 128 valence electrons. The number of carbonyl (C=O) groups excluding carboxylic acids is 1. The summed E-state index contributed by atoms with van der Waals surface area (Å²) in [5.41, 5.74) is 4.61. The monoisotopic (exact) mass is 341 g/mol. The fourth-order valence-electron chi connectivity index (χ4n) is 2.80. The average molecular weight is 341 g/mol. The lowest BCUT2D eigenvalue weighted by atomic mass is 10.00. The minimum Gasteiger partial charge on any atom is -0.349 e. The van der Waals surface area contributed by atoms with Crippen LogP contribution < -0.4 is 5.32 Å². The first-order valence-electron chi connectivity index (χ1n) is 8.44. The van der Waals surface area contributed by atoms with Crippen LogP contribution in [-0.4, -0.2) is 10.9 Å². The van der Waals surface area contributed by atoms with E-state index in [0.717, 1.165) is 22.3 Å². The molecule has 26 heavy (non-hydrogen) atoms. The maximum atomic E-state index is 12.2. The second-order valence-electron chi connectivity index (χ2n) is 6.14. The number of nitriles is 1. The van der Waals surface area contributed by atoms with Gasteiger partial charge in [-0.25, -0.2) is 0 Å². The minimum atomic E-state index is -0.0846. The van der Waals surface area contributed by atoms with Gasteiger partial charge >= 0.3 is 0 Å². The van der Waals surface area contributed by atoms with Crippen molar-refractivity contribution in [2.75, 3.05) is 0 Å². The van der Waals surface area contributed by atoms with E-state index in [1.807, 2.05) is 61.5 Å². The Hall–Kier alpha value is -3.45. The van der Waals surface area contributed by atoms with Gasteiger partial charge in [0.05, 0.1) is 24.1 Å². The Kier molecular flexibility index (Phi) is 5.40. The molecular formula is C22H19N3O. The van der Waals surface area contributed by atoms with Crippen molar-refractivity contribution >= 4 is 5.91 Å². The zero-order valence-electron chi connectivity index (χ0n) is 14.5. The zero-order valence-corrected chi connectivity index (χ0v) is 14.5. The molecular weight excluding hydrogens is 322 g/mol. The second-order valence-corrected chi connectivity index (χ2v) is 6.14. The Labute approximate surface area is 153 Å². The molecule has 1 heterocycles. The molecule has 4 heteroatoms. The van der Waals surface area contributed by atoms with Gasteiger partial charge in [-0.3, -0.25) is 9.78 Å². The molecule has 1 N–H and O–H groups in total. The van der Waals surface area contributed by atoms with Gasteiger partial charge in [-0.1, -0.05) is 42.5 Å². The van der Waals surface area contributed by atoms with Gasteiger partial charge in [0.2, 0.25) is 5.91 Å². The van der Waals surface area contributed by atoms with Crippen molar-refractivity contribution in [3.8, 4) is 17.2 Å². The summed E-state index contributed by atoms with van der Waals surface area (Å²) in [6.45, 7) is 1.96. The normalized spacial score (nSPS) is 11.4. The summed E-state index contributed by atoms with van der Waals surface area (Å²) in [6, 6.07) is 21.3. The Balaban J connectivity index is 1.66. The summed E-state index contributed by atoms with van der Waals surface area (Å²) in [4.78, 5) is 16.2. The third-order valence-electron chi connectivity index (χ3n) is 4.20. The quantitative estimate of drug-likeness (QED) is 0.761. The molecule has 0 spiro atoms. The van der Waals surface area contributed by atoms with Crippen LogP contribution in [0.4, 0.5) is 0 Å². The molecule has 1 aromatic heterocycles.